The number of carbonyl (C=O) groups is 1. The summed E-state index contributed by atoms with van der Waals surface area (Å²) in [5.74, 6) is 1.11. The van der Waals surface area contributed by atoms with Crippen LogP contribution in [-0.4, -0.2) is 86.6 Å². The van der Waals surface area contributed by atoms with Gasteiger partial charge < -0.3 is 15.0 Å². The summed E-state index contributed by atoms with van der Waals surface area (Å²) >= 11 is 0. The van der Waals surface area contributed by atoms with Crippen LogP contribution in [0.4, 0.5) is 22.2 Å². The molecular weight excluding hydrogens is 518 g/mol. The summed E-state index contributed by atoms with van der Waals surface area (Å²) in [5.41, 5.74) is 2.91. The zero-order valence-electron chi connectivity index (χ0n) is 24.2. The summed E-state index contributed by atoms with van der Waals surface area (Å²) < 4.78 is 7.48. The molecule has 1 N–H and O–H groups in total. The van der Waals surface area contributed by atoms with Gasteiger partial charge in [0.15, 0.2) is 5.82 Å². The molecule has 4 heterocycles. The number of nitrogens with one attached hydrogen (secondary N) is 1. The van der Waals surface area contributed by atoms with Crippen molar-refractivity contribution in [2.75, 3.05) is 49.5 Å². The Kier molecular flexibility index (Phi) is 7.13. The highest BCUT2D eigenvalue weighted by Crippen LogP contribution is 2.43. The van der Waals surface area contributed by atoms with Gasteiger partial charge in [0.2, 0.25) is 5.95 Å². The van der Waals surface area contributed by atoms with Crippen molar-refractivity contribution in [1.82, 2.24) is 29.5 Å². The van der Waals surface area contributed by atoms with Crippen molar-refractivity contribution in [2.24, 2.45) is 7.05 Å². The van der Waals surface area contributed by atoms with E-state index in [1.807, 2.05) is 46.1 Å². The minimum absolute atomic E-state index is 0.0463. The first-order valence-electron chi connectivity index (χ1n) is 14.3. The van der Waals surface area contributed by atoms with E-state index in [1.165, 1.54) is 12.8 Å². The Hall–Kier alpha value is -4.01. The minimum Gasteiger partial charge on any atom is -0.443 e. The topological polar surface area (TPSA) is 115 Å². The lowest BCUT2D eigenvalue weighted by atomic mass is 9.94. The number of ether oxygens (including phenoxy) is 1. The van der Waals surface area contributed by atoms with Crippen molar-refractivity contribution in [3.05, 3.63) is 47.8 Å². The van der Waals surface area contributed by atoms with Crippen molar-refractivity contribution in [3.63, 3.8) is 0 Å². The molecule has 0 radical (unpaired) electrons. The first kappa shape index (κ1) is 27.2. The lowest BCUT2D eigenvalue weighted by Gasteiger charge is -2.36. The number of benzene rings is 1. The molecule has 3 aliphatic rings. The standard InChI is InChI=1S/C30H37N9O2/c1-30(2,3)41-29(40)39-19-22(18-37-11-13-38(14-12-37)23-5-6-23)24-16-20(15-21(17-31)27(24)39)25-7-9-32-28(33-25)34-26-8-10-36(4)35-26/h7-10,15-16,22-23H,5-6,11-14,18-19H2,1-4H3,(H,32,33,34,35). The maximum Gasteiger partial charge on any atom is 0.414 e. The Balaban J connectivity index is 1.32. The second kappa shape index (κ2) is 10.8. The molecule has 3 aromatic rings. The molecule has 1 atom stereocenters. The summed E-state index contributed by atoms with van der Waals surface area (Å²) in [4.78, 5) is 29.2. The monoisotopic (exact) mass is 555 g/mol. The van der Waals surface area contributed by atoms with Crippen molar-refractivity contribution < 1.29 is 9.53 Å². The van der Waals surface area contributed by atoms with Crippen LogP contribution >= 0.6 is 0 Å². The Morgan fingerprint density at radius 3 is 2.61 bits per heavy atom. The van der Waals surface area contributed by atoms with Crippen LogP contribution in [0.1, 0.15) is 50.7 Å². The van der Waals surface area contributed by atoms with Crippen molar-refractivity contribution in [1.29, 1.82) is 5.26 Å². The van der Waals surface area contributed by atoms with Gasteiger partial charge in [-0.15, -0.1) is 0 Å². The average molecular weight is 556 g/mol. The second-order valence-electron chi connectivity index (χ2n) is 12.2. The number of aryl methyl sites for hydroxylation is 1. The molecule has 214 valence electrons. The predicted molar refractivity (Wildman–Crippen MR) is 156 cm³/mol. The Bertz CT molecular complexity index is 1480. The Morgan fingerprint density at radius 1 is 1.17 bits per heavy atom. The summed E-state index contributed by atoms with van der Waals surface area (Å²) in [6.45, 7) is 11.0. The van der Waals surface area contributed by atoms with Crippen LogP contribution in [0.2, 0.25) is 0 Å². The van der Waals surface area contributed by atoms with Gasteiger partial charge in [0.1, 0.15) is 11.7 Å². The smallest absolute Gasteiger partial charge is 0.414 e. The van der Waals surface area contributed by atoms with Crippen LogP contribution in [0.25, 0.3) is 11.3 Å². The first-order chi connectivity index (χ1) is 19.7. The number of nitriles is 1. The summed E-state index contributed by atoms with van der Waals surface area (Å²) in [7, 11) is 1.85. The number of piperazine rings is 1. The van der Waals surface area contributed by atoms with E-state index in [1.54, 1.807) is 21.8 Å². The Morgan fingerprint density at radius 2 is 1.95 bits per heavy atom. The van der Waals surface area contributed by atoms with Crippen LogP contribution < -0.4 is 10.2 Å². The van der Waals surface area contributed by atoms with E-state index in [2.05, 4.69) is 37.3 Å². The molecule has 2 aromatic heterocycles. The third kappa shape index (κ3) is 6.04. The fourth-order valence-electron chi connectivity index (χ4n) is 5.79. The SMILES string of the molecule is Cn1ccc(Nc2nccc(-c3cc(C#N)c4c(c3)C(CN3CCN(C5CC5)CC3)CN4C(=O)OC(C)(C)C)n2)n1. The van der Waals surface area contributed by atoms with E-state index >= 15 is 0 Å². The first-order valence-corrected chi connectivity index (χ1v) is 14.3. The van der Waals surface area contributed by atoms with Gasteiger partial charge in [-0.3, -0.25) is 14.5 Å². The van der Waals surface area contributed by atoms with Gasteiger partial charge in [-0.2, -0.15) is 10.4 Å². The number of hydrogen-bond acceptors (Lipinski definition) is 9. The lowest BCUT2D eigenvalue weighted by Crippen LogP contribution is -2.48. The van der Waals surface area contributed by atoms with E-state index in [4.69, 9.17) is 9.72 Å². The second-order valence-corrected chi connectivity index (χ2v) is 12.2. The van der Waals surface area contributed by atoms with Crippen molar-refractivity contribution in [3.8, 4) is 17.3 Å². The predicted octanol–water partition coefficient (Wildman–Crippen LogP) is 4.11. The average Bonchev–Trinajstić information content (AvgIpc) is 3.61. The number of fused-ring (bicyclic) bond motifs is 1. The molecule has 0 spiro atoms. The number of nitrogens with zero attached hydrogens (tertiary/aromatic N) is 8. The molecule has 0 bridgehead atoms. The van der Waals surface area contributed by atoms with E-state index in [0.29, 0.717) is 35.3 Å². The van der Waals surface area contributed by atoms with Gasteiger partial charge in [-0.05, 0) is 57.4 Å². The zero-order chi connectivity index (χ0) is 28.7. The minimum atomic E-state index is -0.640. The maximum absolute atomic E-state index is 13.4. The molecule has 1 amide bonds. The summed E-state index contributed by atoms with van der Waals surface area (Å²) in [6, 6.07) is 10.7. The van der Waals surface area contributed by atoms with Gasteiger partial charge in [-0.25, -0.2) is 14.8 Å². The highest BCUT2D eigenvalue weighted by molar-refractivity contribution is 5.94. The molecule has 6 rings (SSSR count). The van der Waals surface area contributed by atoms with E-state index in [0.717, 1.165) is 49.9 Å². The molecule has 1 saturated carbocycles. The number of carbonyl (C=O) groups excluding carboxylic acids is 1. The fourth-order valence-corrected chi connectivity index (χ4v) is 5.79. The number of anilines is 3. The van der Waals surface area contributed by atoms with Crippen LogP contribution in [0.3, 0.4) is 0 Å². The molecule has 1 aliphatic carbocycles. The van der Waals surface area contributed by atoms with Crippen molar-refractivity contribution in [2.45, 2.75) is 51.2 Å². The van der Waals surface area contributed by atoms with Gasteiger partial charge in [0, 0.05) is 82.3 Å². The highest BCUT2D eigenvalue weighted by Gasteiger charge is 2.39. The summed E-state index contributed by atoms with van der Waals surface area (Å²) in [6.07, 6.45) is 5.75. The van der Waals surface area contributed by atoms with Gasteiger partial charge in [0.25, 0.3) is 0 Å². The van der Waals surface area contributed by atoms with Gasteiger partial charge >= 0.3 is 6.09 Å². The third-order valence-electron chi connectivity index (χ3n) is 7.84. The van der Waals surface area contributed by atoms with E-state index in [-0.39, 0.29) is 5.92 Å². The molecule has 41 heavy (non-hydrogen) atoms. The zero-order valence-corrected chi connectivity index (χ0v) is 24.2. The molecule has 2 aliphatic heterocycles. The maximum atomic E-state index is 13.4. The van der Waals surface area contributed by atoms with Gasteiger partial charge in [-0.1, -0.05) is 0 Å². The van der Waals surface area contributed by atoms with Gasteiger partial charge in [0.05, 0.1) is 16.9 Å². The molecular formula is C30H37N9O2. The quantitative estimate of drug-likeness (QED) is 0.480. The number of hydrogen-bond donors (Lipinski definition) is 1. The van der Waals surface area contributed by atoms with Crippen molar-refractivity contribution >= 4 is 23.5 Å². The van der Waals surface area contributed by atoms with Crippen LogP contribution in [-0.2, 0) is 11.8 Å². The van der Waals surface area contributed by atoms with Crippen LogP contribution in [0.15, 0.2) is 36.7 Å². The number of amides is 1. The summed E-state index contributed by atoms with van der Waals surface area (Å²) in [5, 5.41) is 17.7. The number of aromatic nitrogens is 4. The third-order valence-corrected chi connectivity index (χ3v) is 7.84. The van der Waals surface area contributed by atoms with E-state index < -0.39 is 11.7 Å². The lowest BCUT2D eigenvalue weighted by molar-refractivity contribution is 0.0579. The molecule has 11 heteroatoms. The highest BCUT2D eigenvalue weighted by atomic mass is 16.6. The molecule has 1 aromatic carbocycles. The fraction of sp³-hybridized carbons (Fsp3) is 0.500. The molecule has 11 nitrogen and oxygen atoms in total. The number of rotatable bonds is 6. The molecule has 1 saturated heterocycles. The molecule has 1 unspecified atom stereocenters. The van der Waals surface area contributed by atoms with Crippen LogP contribution in [0, 0.1) is 11.3 Å². The Labute approximate surface area is 240 Å². The van der Waals surface area contributed by atoms with E-state index in [9.17, 15) is 10.1 Å². The molecule has 2 fully saturated rings. The largest absolute Gasteiger partial charge is 0.443 e. The normalized spacial score (nSPS) is 19.6. The van der Waals surface area contributed by atoms with Crippen LogP contribution in [0.5, 0.6) is 0 Å².